The maximum atomic E-state index is 12.8. The van der Waals surface area contributed by atoms with E-state index >= 15 is 0 Å². The molecule has 2 aliphatic heterocycles. The van der Waals surface area contributed by atoms with Crippen molar-refractivity contribution >= 4 is 21.8 Å². The van der Waals surface area contributed by atoms with Gasteiger partial charge in [0.25, 0.3) is 5.91 Å². The van der Waals surface area contributed by atoms with Crippen molar-refractivity contribution in [3.05, 3.63) is 40.2 Å². The van der Waals surface area contributed by atoms with Crippen LogP contribution in [0, 0.1) is 5.92 Å². The predicted molar refractivity (Wildman–Crippen MR) is 101 cm³/mol. The van der Waals surface area contributed by atoms with Gasteiger partial charge in [0.1, 0.15) is 0 Å². The number of piperidine rings is 1. The monoisotopic (exact) mass is 434 g/mol. The summed E-state index contributed by atoms with van der Waals surface area (Å²) in [6, 6.07) is 1.82. The average molecular weight is 435 g/mol. The van der Waals surface area contributed by atoms with Crippen LogP contribution in [0.2, 0.25) is 0 Å². The first-order chi connectivity index (χ1) is 13.2. The number of ether oxygens (including phenoxy) is 1. The minimum atomic E-state index is 0.0296. The van der Waals surface area contributed by atoms with E-state index in [1.165, 1.54) is 0 Å². The molecule has 0 bridgehead atoms. The van der Waals surface area contributed by atoms with Crippen molar-refractivity contribution in [1.82, 2.24) is 20.0 Å². The number of nitrogens with zero attached hydrogens (tertiary/aromatic N) is 4. The van der Waals surface area contributed by atoms with Crippen LogP contribution in [-0.4, -0.2) is 52.2 Å². The zero-order valence-electron chi connectivity index (χ0n) is 15.1. The van der Waals surface area contributed by atoms with Crippen LogP contribution in [0.15, 0.2) is 27.5 Å². The molecule has 0 radical (unpaired) electrons. The smallest absolute Gasteiger partial charge is 0.255 e. The Labute approximate surface area is 166 Å². The third-order valence-corrected chi connectivity index (χ3v) is 5.73. The van der Waals surface area contributed by atoms with E-state index in [2.05, 4.69) is 31.1 Å². The van der Waals surface area contributed by atoms with E-state index in [0.717, 1.165) is 62.2 Å². The predicted octanol–water partition coefficient (Wildman–Crippen LogP) is 3.22. The minimum absolute atomic E-state index is 0.0296. The molecule has 0 aromatic carbocycles. The van der Waals surface area contributed by atoms with Gasteiger partial charge in [-0.25, -0.2) is 0 Å². The lowest BCUT2D eigenvalue weighted by Crippen LogP contribution is -2.40. The SMILES string of the molecule is O=C(c1cncc(Br)c1)N1CCCC(Cc2nc(C3CCOCC3)no2)C1. The first kappa shape index (κ1) is 18.6. The summed E-state index contributed by atoms with van der Waals surface area (Å²) in [5, 5.41) is 4.18. The van der Waals surface area contributed by atoms with E-state index < -0.39 is 0 Å². The minimum Gasteiger partial charge on any atom is -0.381 e. The Kier molecular flexibility index (Phi) is 5.83. The zero-order valence-corrected chi connectivity index (χ0v) is 16.7. The number of aromatic nitrogens is 3. The summed E-state index contributed by atoms with van der Waals surface area (Å²) in [7, 11) is 0. The van der Waals surface area contributed by atoms with Crippen LogP contribution in [0.25, 0.3) is 0 Å². The van der Waals surface area contributed by atoms with Crippen molar-refractivity contribution in [2.45, 2.75) is 38.0 Å². The van der Waals surface area contributed by atoms with Crippen LogP contribution in [0.4, 0.5) is 0 Å². The molecular weight excluding hydrogens is 412 g/mol. The number of amides is 1. The van der Waals surface area contributed by atoms with Crippen LogP contribution >= 0.6 is 15.9 Å². The Balaban J connectivity index is 1.37. The lowest BCUT2D eigenvalue weighted by Gasteiger charge is -2.32. The van der Waals surface area contributed by atoms with Crippen molar-refractivity contribution in [3.63, 3.8) is 0 Å². The molecule has 2 aromatic heterocycles. The standard InChI is InChI=1S/C19H23BrN4O3/c20-16-9-15(10-21-11-16)19(25)24-5-1-2-13(12-24)8-17-22-18(23-27-17)14-3-6-26-7-4-14/h9-11,13-14H,1-8,12H2. The van der Waals surface area contributed by atoms with Gasteiger partial charge in [0.2, 0.25) is 5.89 Å². The fraction of sp³-hybridized carbons (Fsp3) is 0.579. The summed E-state index contributed by atoms with van der Waals surface area (Å²) in [5.41, 5.74) is 0.615. The highest BCUT2D eigenvalue weighted by Gasteiger charge is 2.27. The first-order valence-electron chi connectivity index (χ1n) is 9.49. The highest BCUT2D eigenvalue weighted by molar-refractivity contribution is 9.10. The number of hydrogen-bond donors (Lipinski definition) is 0. The summed E-state index contributed by atoms with van der Waals surface area (Å²) in [5.74, 6) is 2.19. The Morgan fingerprint density at radius 1 is 1.26 bits per heavy atom. The maximum Gasteiger partial charge on any atom is 0.255 e. The first-order valence-corrected chi connectivity index (χ1v) is 10.3. The molecule has 27 heavy (non-hydrogen) atoms. The van der Waals surface area contributed by atoms with Gasteiger partial charge in [-0.05, 0) is 53.6 Å². The van der Waals surface area contributed by atoms with Crippen LogP contribution in [0.5, 0.6) is 0 Å². The van der Waals surface area contributed by atoms with E-state index in [1.54, 1.807) is 12.4 Å². The quantitative estimate of drug-likeness (QED) is 0.734. The highest BCUT2D eigenvalue weighted by atomic mass is 79.9. The van der Waals surface area contributed by atoms with Gasteiger partial charge in [0.15, 0.2) is 5.82 Å². The third kappa shape index (κ3) is 4.55. The number of halogens is 1. The van der Waals surface area contributed by atoms with Gasteiger partial charge in [-0.3, -0.25) is 9.78 Å². The second-order valence-electron chi connectivity index (χ2n) is 7.29. The molecule has 4 heterocycles. The van der Waals surface area contributed by atoms with Crippen molar-refractivity contribution < 1.29 is 14.1 Å². The average Bonchev–Trinajstić information content (AvgIpc) is 3.17. The number of likely N-dealkylation sites (tertiary alicyclic amines) is 1. The number of pyridine rings is 1. The Morgan fingerprint density at radius 3 is 2.93 bits per heavy atom. The number of carbonyl (C=O) groups is 1. The molecule has 1 atom stereocenters. The second-order valence-corrected chi connectivity index (χ2v) is 8.20. The largest absolute Gasteiger partial charge is 0.381 e. The number of rotatable bonds is 4. The third-order valence-electron chi connectivity index (χ3n) is 5.29. The molecular formula is C19H23BrN4O3. The molecule has 2 saturated heterocycles. The van der Waals surface area contributed by atoms with Crippen LogP contribution < -0.4 is 0 Å². The van der Waals surface area contributed by atoms with Gasteiger partial charge < -0.3 is 14.2 Å². The van der Waals surface area contributed by atoms with E-state index in [-0.39, 0.29) is 5.91 Å². The van der Waals surface area contributed by atoms with Gasteiger partial charge in [-0.1, -0.05) is 5.16 Å². The summed E-state index contributed by atoms with van der Waals surface area (Å²) in [6.45, 7) is 3.01. The summed E-state index contributed by atoms with van der Waals surface area (Å²) in [6.07, 6.45) is 7.97. The summed E-state index contributed by atoms with van der Waals surface area (Å²) >= 11 is 3.38. The van der Waals surface area contributed by atoms with Crippen molar-refractivity contribution in [1.29, 1.82) is 0 Å². The summed E-state index contributed by atoms with van der Waals surface area (Å²) < 4.78 is 11.7. The molecule has 0 spiro atoms. The molecule has 0 aliphatic carbocycles. The molecule has 144 valence electrons. The van der Waals surface area contributed by atoms with Crippen molar-refractivity contribution in [3.8, 4) is 0 Å². The molecule has 2 aliphatic rings. The summed E-state index contributed by atoms with van der Waals surface area (Å²) in [4.78, 5) is 23.4. The zero-order chi connectivity index (χ0) is 18.6. The van der Waals surface area contributed by atoms with Crippen molar-refractivity contribution in [2.24, 2.45) is 5.92 Å². The normalized spacial score (nSPS) is 21.4. The molecule has 1 amide bonds. The van der Waals surface area contributed by atoms with Crippen LogP contribution in [-0.2, 0) is 11.2 Å². The fourth-order valence-corrected chi connectivity index (χ4v) is 4.21. The van der Waals surface area contributed by atoms with Gasteiger partial charge in [-0.2, -0.15) is 4.98 Å². The number of hydrogen-bond acceptors (Lipinski definition) is 6. The van der Waals surface area contributed by atoms with Gasteiger partial charge >= 0.3 is 0 Å². The Bertz CT molecular complexity index is 791. The topological polar surface area (TPSA) is 81.4 Å². The van der Waals surface area contributed by atoms with E-state index in [1.807, 2.05) is 11.0 Å². The molecule has 8 heteroatoms. The molecule has 4 rings (SSSR count). The molecule has 1 unspecified atom stereocenters. The van der Waals surface area contributed by atoms with Crippen molar-refractivity contribution in [2.75, 3.05) is 26.3 Å². The lowest BCUT2D eigenvalue weighted by molar-refractivity contribution is 0.0667. The molecule has 2 fully saturated rings. The maximum absolute atomic E-state index is 12.8. The van der Waals surface area contributed by atoms with Gasteiger partial charge in [-0.15, -0.1) is 0 Å². The molecule has 0 saturated carbocycles. The molecule has 7 nitrogen and oxygen atoms in total. The number of carbonyl (C=O) groups excluding carboxylic acids is 1. The fourth-order valence-electron chi connectivity index (χ4n) is 3.85. The molecule has 0 N–H and O–H groups in total. The Morgan fingerprint density at radius 2 is 2.11 bits per heavy atom. The van der Waals surface area contributed by atoms with Gasteiger partial charge in [0.05, 0.1) is 5.56 Å². The van der Waals surface area contributed by atoms with E-state index in [0.29, 0.717) is 29.8 Å². The highest BCUT2D eigenvalue weighted by Crippen LogP contribution is 2.26. The Hall–Kier alpha value is -1.80. The van der Waals surface area contributed by atoms with E-state index in [9.17, 15) is 4.79 Å². The lowest BCUT2D eigenvalue weighted by atomic mass is 9.94. The van der Waals surface area contributed by atoms with Crippen LogP contribution in [0.3, 0.4) is 0 Å². The van der Waals surface area contributed by atoms with E-state index in [4.69, 9.17) is 9.26 Å². The van der Waals surface area contributed by atoms with Crippen LogP contribution in [0.1, 0.15) is 53.7 Å². The second kappa shape index (κ2) is 8.48. The molecule has 2 aromatic rings. The van der Waals surface area contributed by atoms with Gasteiger partial charge in [0, 0.05) is 55.5 Å².